The second-order valence-electron chi connectivity index (χ2n) is 7.20. The highest BCUT2D eigenvalue weighted by Gasteiger charge is 2.14. The number of alkyl halides is 1. The summed E-state index contributed by atoms with van der Waals surface area (Å²) in [5.74, 6) is 1.45. The number of hydrogen-bond acceptors (Lipinski definition) is 2. The molecule has 0 aromatic heterocycles. The lowest BCUT2D eigenvalue weighted by molar-refractivity contribution is 0.261. The number of likely N-dealkylation sites (N-methyl/N-ethyl adjacent to an activating group) is 1. The quantitative estimate of drug-likeness (QED) is 0.309. The van der Waals surface area contributed by atoms with Crippen molar-refractivity contribution in [2.45, 2.75) is 6.42 Å². The third-order valence-corrected chi connectivity index (χ3v) is 4.95. The second-order valence-corrected chi connectivity index (χ2v) is 7.58. The van der Waals surface area contributed by atoms with Crippen molar-refractivity contribution in [1.82, 2.24) is 4.90 Å². The molecule has 150 valence electrons. The smallest absolute Gasteiger partial charge is 0.119 e. The zero-order chi connectivity index (χ0) is 20.5. The van der Waals surface area contributed by atoms with Gasteiger partial charge in [-0.25, -0.2) is 0 Å². The van der Waals surface area contributed by atoms with E-state index in [1.165, 1.54) is 22.3 Å². The molecule has 0 atom stereocenters. The number of allylic oxidation sites excluding steroid dienone is 1. The van der Waals surface area contributed by atoms with Crippen molar-refractivity contribution in [2.24, 2.45) is 0 Å². The van der Waals surface area contributed by atoms with Gasteiger partial charge in [0.15, 0.2) is 0 Å². The Labute approximate surface area is 179 Å². The molecule has 0 aliphatic heterocycles. The van der Waals surface area contributed by atoms with Crippen molar-refractivity contribution >= 4 is 22.7 Å². The van der Waals surface area contributed by atoms with Gasteiger partial charge >= 0.3 is 0 Å². The Kier molecular flexibility index (Phi) is 7.92. The molecule has 0 radical (unpaired) electrons. The Morgan fingerprint density at radius 3 is 2.03 bits per heavy atom. The first-order chi connectivity index (χ1) is 14.2. The molecule has 0 amide bonds. The van der Waals surface area contributed by atoms with E-state index in [0.717, 1.165) is 24.3 Å². The van der Waals surface area contributed by atoms with Crippen LogP contribution < -0.4 is 4.74 Å². The van der Waals surface area contributed by atoms with Gasteiger partial charge in [0.25, 0.3) is 0 Å². The molecule has 0 spiro atoms. The monoisotopic (exact) mass is 405 g/mol. The van der Waals surface area contributed by atoms with Gasteiger partial charge in [-0.1, -0.05) is 72.8 Å². The van der Waals surface area contributed by atoms with Crippen LogP contribution in [0, 0.1) is 0 Å². The number of hydrogen-bond donors (Lipinski definition) is 0. The van der Waals surface area contributed by atoms with Gasteiger partial charge in [-0.15, -0.1) is 11.6 Å². The Bertz CT molecular complexity index is 920. The van der Waals surface area contributed by atoms with E-state index < -0.39 is 0 Å². The fourth-order valence-electron chi connectivity index (χ4n) is 3.35. The van der Waals surface area contributed by atoms with Crippen molar-refractivity contribution in [3.63, 3.8) is 0 Å². The first-order valence-electron chi connectivity index (χ1n) is 9.97. The molecule has 0 aliphatic rings. The van der Waals surface area contributed by atoms with E-state index >= 15 is 0 Å². The number of benzene rings is 3. The molecule has 0 unspecified atom stereocenters. The maximum Gasteiger partial charge on any atom is 0.119 e. The molecule has 0 heterocycles. The van der Waals surface area contributed by atoms with Crippen LogP contribution in [0.3, 0.4) is 0 Å². The van der Waals surface area contributed by atoms with E-state index in [0.29, 0.717) is 12.5 Å². The van der Waals surface area contributed by atoms with E-state index in [9.17, 15) is 0 Å². The standard InChI is InChI=1S/C26H28ClNO/c1-28(2)18-19-29-24-15-9-14-23(20-24)26(22-12-7-4-8-13-22)25(16-17-27)21-10-5-3-6-11-21/h3-15,20H,16-19H2,1-2H3. The van der Waals surface area contributed by atoms with Crippen molar-refractivity contribution < 1.29 is 4.74 Å². The topological polar surface area (TPSA) is 12.5 Å². The molecule has 0 bridgehead atoms. The van der Waals surface area contributed by atoms with Crippen LogP contribution in [-0.4, -0.2) is 38.0 Å². The average Bonchev–Trinajstić information content (AvgIpc) is 2.75. The van der Waals surface area contributed by atoms with Gasteiger partial charge in [0, 0.05) is 12.4 Å². The zero-order valence-corrected chi connectivity index (χ0v) is 17.9. The number of halogens is 1. The van der Waals surface area contributed by atoms with Crippen molar-refractivity contribution in [3.8, 4) is 5.75 Å². The van der Waals surface area contributed by atoms with Crippen LogP contribution in [0.5, 0.6) is 5.75 Å². The molecule has 3 rings (SSSR count). The predicted octanol–water partition coefficient (Wildman–Crippen LogP) is 6.22. The summed E-state index contributed by atoms with van der Waals surface area (Å²) in [6, 6.07) is 29.4. The Morgan fingerprint density at radius 2 is 1.41 bits per heavy atom. The minimum atomic E-state index is 0.569. The van der Waals surface area contributed by atoms with Crippen LogP contribution in [0.25, 0.3) is 11.1 Å². The van der Waals surface area contributed by atoms with Crippen LogP contribution >= 0.6 is 11.6 Å². The van der Waals surface area contributed by atoms with Gasteiger partial charge in [0.1, 0.15) is 12.4 Å². The Balaban J connectivity index is 2.09. The highest BCUT2D eigenvalue weighted by atomic mass is 35.5. The lowest BCUT2D eigenvalue weighted by Gasteiger charge is -2.18. The first-order valence-corrected chi connectivity index (χ1v) is 10.5. The van der Waals surface area contributed by atoms with E-state index in [4.69, 9.17) is 16.3 Å². The molecule has 0 N–H and O–H groups in total. The number of rotatable bonds is 9. The molecule has 2 nitrogen and oxygen atoms in total. The molecule has 29 heavy (non-hydrogen) atoms. The third kappa shape index (κ3) is 5.96. The maximum absolute atomic E-state index is 6.23. The van der Waals surface area contributed by atoms with Crippen molar-refractivity contribution in [1.29, 1.82) is 0 Å². The van der Waals surface area contributed by atoms with Gasteiger partial charge in [0.05, 0.1) is 0 Å². The summed E-state index contributed by atoms with van der Waals surface area (Å²) >= 11 is 6.23. The van der Waals surface area contributed by atoms with Crippen LogP contribution in [0.4, 0.5) is 0 Å². The summed E-state index contributed by atoms with van der Waals surface area (Å²) in [7, 11) is 4.10. The lowest BCUT2D eigenvalue weighted by Crippen LogP contribution is -2.19. The van der Waals surface area contributed by atoms with Gasteiger partial charge in [-0.2, -0.15) is 0 Å². The van der Waals surface area contributed by atoms with Gasteiger partial charge < -0.3 is 9.64 Å². The SMILES string of the molecule is CN(C)CCOc1cccc(C(=C(CCCl)c2ccccc2)c2ccccc2)c1. The minimum absolute atomic E-state index is 0.569. The zero-order valence-electron chi connectivity index (χ0n) is 17.1. The van der Waals surface area contributed by atoms with E-state index in [1.54, 1.807) is 0 Å². The van der Waals surface area contributed by atoms with Crippen LogP contribution in [0.15, 0.2) is 84.9 Å². The molecule has 3 aromatic rings. The highest BCUT2D eigenvalue weighted by Crippen LogP contribution is 2.35. The van der Waals surface area contributed by atoms with Gasteiger partial charge in [-0.3, -0.25) is 0 Å². The fourth-order valence-corrected chi connectivity index (χ4v) is 3.54. The van der Waals surface area contributed by atoms with Crippen molar-refractivity contribution in [3.05, 3.63) is 102 Å². The third-order valence-electron chi connectivity index (χ3n) is 4.76. The largest absolute Gasteiger partial charge is 0.492 e. The number of ether oxygens (including phenoxy) is 1. The molecule has 3 heteroatoms. The number of nitrogens with zero attached hydrogens (tertiary/aromatic N) is 1. The normalized spacial score (nSPS) is 12.0. The minimum Gasteiger partial charge on any atom is -0.492 e. The Hall–Kier alpha value is -2.55. The summed E-state index contributed by atoms with van der Waals surface area (Å²) in [5.41, 5.74) is 5.98. The van der Waals surface area contributed by atoms with Gasteiger partial charge in [-0.05, 0) is 60.5 Å². The first kappa shape index (κ1) is 21.2. The van der Waals surface area contributed by atoms with Crippen molar-refractivity contribution in [2.75, 3.05) is 33.1 Å². The molecular weight excluding hydrogens is 378 g/mol. The second kappa shape index (κ2) is 10.8. The van der Waals surface area contributed by atoms with E-state index in [-0.39, 0.29) is 0 Å². The molecule has 0 saturated heterocycles. The molecule has 0 saturated carbocycles. The predicted molar refractivity (Wildman–Crippen MR) is 125 cm³/mol. The molecular formula is C26H28ClNO. The fraction of sp³-hybridized carbons (Fsp3) is 0.231. The van der Waals surface area contributed by atoms with E-state index in [2.05, 4.69) is 71.6 Å². The van der Waals surface area contributed by atoms with Crippen LogP contribution in [-0.2, 0) is 0 Å². The average molecular weight is 406 g/mol. The van der Waals surface area contributed by atoms with Gasteiger partial charge in [0.2, 0.25) is 0 Å². The lowest BCUT2D eigenvalue weighted by atomic mass is 9.88. The van der Waals surface area contributed by atoms with E-state index in [1.807, 2.05) is 32.3 Å². The molecule has 0 aliphatic carbocycles. The highest BCUT2D eigenvalue weighted by molar-refractivity contribution is 6.18. The molecule has 0 fully saturated rings. The summed E-state index contributed by atoms with van der Waals surface area (Å²) in [4.78, 5) is 2.12. The summed E-state index contributed by atoms with van der Waals surface area (Å²) < 4.78 is 6.00. The van der Waals surface area contributed by atoms with Crippen LogP contribution in [0.2, 0.25) is 0 Å². The summed E-state index contributed by atoms with van der Waals surface area (Å²) in [5, 5.41) is 0. The Morgan fingerprint density at radius 1 is 0.793 bits per heavy atom. The van der Waals surface area contributed by atoms with Crippen LogP contribution in [0.1, 0.15) is 23.1 Å². The summed E-state index contributed by atoms with van der Waals surface area (Å²) in [6.07, 6.45) is 0.793. The summed E-state index contributed by atoms with van der Waals surface area (Å²) in [6.45, 7) is 1.54. The molecule has 3 aromatic carbocycles. The maximum atomic E-state index is 6.23.